The lowest BCUT2D eigenvalue weighted by Crippen LogP contribution is -2.07. The number of nitrogens with zero attached hydrogens (tertiary/aromatic N) is 2. The summed E-state index contributed by atoms with van der Waals surface area (Å²) in [5, 5.41) is 3.36. The number of thiazole rings is 1. The Hall–Kier alpha value is -2.14. The summed E-state index contributed by atoms with van der Waals surface area (Å²) < 4.78 is 1.12. The fraction of sp³-hybridized carbons (Fsp3) is 0.143. The van der Waals surface area contributed by atoms with Crippen molar-refractivity contribution in [1.29, 1.82) is 0 Å². The molecule has 0 aliphatic carbocycles. The van der Waals surface area contributed by atoms with Crippen LogP contribution in [0.25, 0.3) is 10.2 Å². The van der Waals surface area contributed by atoms with Gasteiger partial charge in [-0.2, -0.15) is 0 Å². The highest BCUT2D eigenvalue weighted by molar-refractivity contribution is 7.16. The van der Waals surface area contributed by atoms with Crippen LogP contribution in [-0.2, 0) is 6.42 Å². The lowest BCUT2D eigenvalue weighted by Gasteiger charge is -2.09. The number of aromatic nitrogens is 2. The maximum absolute atomic E-state index is 6.11. The van der Waals surface area contributed by atoms with Crippen molar-refractivity contribution in [2.24, 2.45) is 0 Å². The van der Waals surface area contributed by atoms with Gasteiger partial charge >= 0.3 is 0 Å². The van der Waals surface area contributed by atoms with E-state index in [0.29, 0.717) is 0 Å². The maximum atomic E-state index is 6.11. The first-order chi connectivity index (χ1) is 9.34. The number of fused-ring (bicyclic) bond motifs is 1. The van der Waals surface area contributed by atoms with Crippen LogP contribution >= 0.6 is 11.3 Å². The minimum Gasteiger partial charge on any atom is -0.395 e. The Morgan fingerprint density at radius 1 is 1.26 bits per heavy atom. The van der Waals surface area contributed by atoms with Gasteiger partial charge in [0.25, 0.3) is 0 Å². The highest BCUT2D eigenvalue weighted by Crippen LogP contribution is 2.29. The summed E-state index contributed by atoms with van der Waals surface area (Å²) in [5.74, 6) is 0. The number of rotatable bonds is 4. The first-order valence-electron chi connectivity index (χ1n) is 6.09. The van der Waals surface area contributed by atoms with Gasteiger partial charge in [-0.1, -0.05) is 6.07 Å². The molecule has 0 amide bonds. The monoisotopic (exact) mass is 270 g/mol. The number of nitrogen functional groups attached to an aromatic ring is 1. The molecule has 3 rings (SSSR count). The van der Waals surface area contributed by atoms with Crippen LogP contribution in [-0.4, -0.2) is 16.5 Å². The Kier molecular flexibility index (Phi) is 3.29. The quantitative estimate of drug-likeness (QED) is 0.715. The number of hydrogen-bond acceptors (Lipinski definition) is 5. The van der Waals surface area contributed by atoms with Crippen LogP contribution in [0.4, 0.5) is 11.4 Å². The highest BCUT2D eigenvalue weighted by atomic mass is 32.1. The minimum absolute atomic E-state index is 0.727. The molecule has 19 heavy (non-hydrogen) atoms. The standard InChI is InChI=1S/C14H14N4S/c15-13-11(3-4-12-14(13)18-9-19-12)17-7-5-10-2-1-6-16-8-10/h1-4,6,8-9,17H,5,7,15H2. The van der Waals surface area contributed by atoms with E-state index in [2.05, 4.69) is 27.4 Å². The van der Waals surface area contributed by atoms with Gasteiger partial charge in [0.2, 0.25) is 0 Å². The van der Waals surface area contributed by atoms with Crippen LogP contribution < -0.4 is 11.1 Å². The molecule has 5 heteroatoms. The molecule has 0 radical (unpaired) electrons. The summed E-state index contributed by atoms with van der Waals surface area (Å²) in [6.07, 6.45) is 4.59. The van der Waals surface area contributed by atoms with E-state index in [0.717, 1.165) is 34.6 Å². The van der Waals surface area contributed by atoms with E-state index in [1.807, 2.05) is 23.8 Å². The van der Waals surface area contributed by atoms with Gasteiger partial charge in [0, 0.05) is 18.9 Å². The summed E-state index contributed by atoms with van der Waals surface area (Å²) in [6.45, 7) is 0.825. The summed E-state index contributed by atoms with van der Waals surface area (Å²) in [5.41, 5.74) is 11.7. The Morgan fingerprint density at radius 3 is 3.05 bits per heavy atom. The molecule has 0 atom stereocenters. The van der Waals surface area contributed by atoms with Crippen molar-refractivity contribution in [2.75, 3.05) is 17.6 Å². The van der Waals surface area contributed by atoms with E-state index < -0.39 is 0 Å². The third kappa shape index (κ3) is 2.51. The van der Waals surface area contributed by atoms with E-state index in [9.17, 15) is 0 Å². The highest BCUT2D eigenvalue weighted by Gasteiger charge is 2.06. The van der Waals surface area contributed by atoms with Gasteiger partial charge in [-0.15, -0.1) is 11.3 Å². The molecule has 0 spiro atoms. The average Bonchev–Trinajstić information content (AvgIpc) is 2.92. The van der Waals surface area contributed by atoms with Gasteiger partial charge in [0.15, 0.2) is 0 Å². The number of nitrogens with two attached hydrogens (primary N) is 1. The zero-order chi connectivity index (χ0) is 13.1. The average molecular weight is 270 g/mol. The van der Waals surface area contributed by atoms with Crippen molar-refractivity contribution in [3.8, 4) is 0 Å². The number of nitrogens with one attached hydrogen (secondary N) is 1. The fourth-order valence-corrected chi connectivity index (χ4v) is 2.69. The Bertz CT molecular complexity index is 678. The lowest BCUT2D eigenvalue weighted by atomic mass is 10.2. The van der Waals surface area contributed by atoms with E-state index >= 15 is 0 Å². The van der Waals surface area contributed by atoms with E-state index in [1.165, 1.54) is 5.56 Å². The molecule has 0 saturated heterocycles. The second kappa shape index (κ2) is 5.24. The molecular formula is C14H14N4S. The molecule has 3 aromatic rings. The molecular weight excluding hydrogens is 256 g/mol. The molecule has 0 aliphatic rings. The normalized spacial score (nSPS) is 10.7. The van der Waals surface area contributed by atoms with Crippen LogP contribution in [0.1, 0.15) is 5.56 Å². The zero-order valence-electron chi connectivity index (χ0n) is 10.3. The smallest absolute Gasteiger partial charge is 0.106 e. The van der Waals surface area contributed by atoms with Crippen molar-refractivity contribution in [1.82, 2.24) is 9.97 Å². The van der Waals surface area contributed by atoms with E-state index in [4.69, 9.17) is 5.73 Å². The SMILES string of the molecule is Nc1c(NCCc2cccnc2)ccc2scnc12. The van der Waals surface area contributed by atoms with Gasteiger partial charge in [-0.05, 0) is 30.2 Å². The summed E-state index contributed by atoms with van der Waals surface area (Å²) in [4.78, 5) is 8.39. The van der Waals surface area contributed by atoms with Gasteiger partial charge < -0.3 is 11.1 Å². The predicted octanol–water partition coefficient (Wildman–Crippen LogP) is 2.93. The Morgan fingerprint density at radius 2 is 2.21 bits per heavy atom. The van der Waals surface area contributed by atoms with Crippen LogP contribution in [0.3, 0.4) is 0 Å². The fourth-order valence-electron chi connectivity index (χ4n) is 1.99. The number of benzene rings is 1. The minimum atomic E-state index is 0.727. The van der Waals surface area contributed by atoms with Crippen LogP contribution in [0, 0.1) is 0 Å². The number of anilines is 2. The Labute approximate surface area is 115 Å². The number of pyridine rings is 1. The number of hydrogen-bond donors (Lipinski definition) is 2. The van der Waals surface area contributed by atoms with Crippen molar-refractivity contribution >= 4 is 32.9 Å². The Balaban J connectivity index is 1.70. The second-order valence-corrected chi connectivity index (χ2v) is 5.15. The topological polar surface area (TPSA) is 63.8 Å². The molecule has 0 saturated carbocycles. The van der Waals surface area contributed by atoms with Gasteiger partial charge in [-0.3, -0.25) is 4.98 Å². The van der Waals surface area contributed by atoms with Crippen molar-refractivity contribution in [3.05, 3.63) is 47.7 Å². The summed E-state index contributed by atoms with van der Waals surface area (Å²) in [6, 6.07) is 8.08. The molecule has 3 N–H and O–H groups in total. The van der Waals surface area contributed by atoms with Crippen molar-refractivity contribution in [3.63, 3.8) is 0 Å². The molecule has 0 bridgehead atoms. The molecule has 0 aliphatic heterocycles. The maximum Gasteiger partial charge on any atom is 0.106 e. The van der Waals surface area contributed by atoms with Crippen LogP contribution in [0.2, 0.25) is 0 Å². The lowest BCUT2D eigenvalue weighted by molar-refractivity contribution is 1.01. The summed E-state index contributed by atoms with van der Waals surface area (Å²) >= 11 is 1.60. The zero-order valence-corrected chi connectivity index (χ0v) is 11.2. The first kappa shape index (κ1) is 11.9. The van der Waals surface area contributed by atoms with E-state index in [-0.39, 0.29) is 0 Å². The molecule has 2 heterocycles. The van der Waals surface area contributed by atoms with Crippen LogP contribution in [0.5, 0.6) is 0 Å². The van der Waals surface area contributed by atoms with Crippen molar-refractivity contribution < 1.29 is 0 Å². The third-order valence-corrected chi connectivity index (χ3v) is 3.79. The predicted molar refractivity (Wildman–Crippen MR) is 80.5 cm³/mol. The molecule has 4 nitrogen and oxygen atoms in total. The molecule has 1 aromatic carbocycles. The van der Waals surface area contributed by atoms with Crippen molar-refractivity contribution in [2.45, 2.75) is 6.42 Å². The third-order valence-electron chi connectivity index (χ3n) is 2.99. The molecule has 2 aromatic heterocycles. The van der Waals surface area contributed by atoms with Gasteiger partial charge in [0.05, 0.1) is 21.6 Å². The van der Waals surface area contributed by atoms with Crippen LogP contribution in [0.15, 0.2) is 42.2 Å². The van der Waals surface area contributed by atoms with Gasteiger partial charge in [0.1, 0.15) is 5.52 Å². The molecule has 0 unspecified atom stereocenters. The molecule has 0 fully saturated rings. The second-order valence-electron chi connectivity index (χ2n) is 4.26. The largest absolute Gasteiger partial charge is 0.395 e. The van der Waals surface area contributed by atoms with E-state index in [1.54, 1.807) is 17.5 Å². The summed E-state index contributed by atoms with van der Waals surface area (Å²) in [7, 11) is 0. The van der Waals surface area contributed by atoms with Gasteiger partial charge in [-0.25, -0.2) is 4.98 Å². The molecule has 96 valence electrons. The first-order valence-corrected chi connectivity index (χ1v) is 6.97.